The molecule has 0 aromatic heterocycles. The topological polar surface area (TPSA) is 77.8 Å². The average molecular weight is 277 g/mol. The molecule has 1 atom stereocenters. The van der Waals surface area contributed by atoms with Crippen LogP contribution < -0.4 is 0 Å². The number of carbonyl (C=O) groups is 2. The van der Waals surface area contributed by atoms with Gasteiger partial charge in [0.15, 0.2) is 0 Å². The Morgan fingerprint density at radius 2 is 2.05 bits per heavy atom. The van der Waals surface area contributed by atoms with Crippen molar-refractivity contribution in [2.75, 3.05) is 13.7 Å². The highest BCUT2D eigenvalue weighted by molar-refractivity contribution is 5.97. The SMILES string of the molecule is Cc1c(/C=C/C(=O)O)cccc1C(=O)N(C)C(C)CO. The summed E-state index contributed by atoms with van der Waals surface area (Å²) in [5.74, 6) is -1.23. The second kappa shape index (κ2) is 6.86. The number of aliphatic hydroxyl groups is 1. The molecule has 1 aromatic rings. The zero-order valence-electron chi connectivity index (χ0n) is 11.8. The first kappa shape index (κ1) is 15.9. The molecule has 1 amide bonds. The van der Waals surface area contributed by atoms with E-state index in [1.165, 1.54) is 11.0 Å². The van der Waals surface area contributed by atoms with Gasteiger partial charge in [-0.1, -0.05) is 12.1 Å². The average Bonchev–Trinajstić information content (AvgIpc) is 2.43. The number of benzene rings is 1. The van der Waals surface area contributed by atoms with Gasteiger partial charge in [-0.15, -0.1) is 0 Å². The van der Waals surface area contributed by atoms with E-state index in [0.29, 0.717) is 16.7 Å². The van der Waals surface area contributed by atoms with Gasteiger partial charge in [0, 0.05) is 18.7 Å². The molecule has 5 nitrogen and oxygen atoms in total. The second-order valence-corrected chi connectivity index (χ2v) is 4.64. The van der Waals surface area contributed by atoms with Gasteiger partial charge in [-0.3, -0.25) is 4.79 Å². The third-order valence-corrected chi connectivity index (χ3v) is 3.26. The van der Waals surface area contributed by atoms with E-state index in [1.54, 1.807) is 39.1 Å². The van der Waals surface area contributed by atoms with Crippen LogP contribution in [0.4, 0.5) is 0 Å². The highest BCUT2D eigenvalue weighted by Crippen LogP contribution is 2.17. The van der Waals surface area contributed by atoms with Crippen LogP contribution in [0.5, 0.6) is 0 Å². The van der Waals surface area contributed by atoms with Crippen molar-refractivity contribution < 1.29 is 19.8 Å². The first-order valence-corrected chi connectivity index (χ1v) is 6.27. The number of carboxylic acid groups (broad SMARTS) is 1. The first-order chi connectivity index (χ1) is 9.38. The molecule has 0 bridgehead atoms. The maximum Gasteiger partial charge on any atom is 0.328 e. The minimum Gasteiger partial charge on any atom is -0.478 e. The Balaban J connectivity index is 3.11. The van der Waals surface area contributed by atoms with Crippen molar-refractivity contribution in [3.8, 4) is 0 Å². The summed E-state index contributed by atoms with van der Waals surface area (Å²) in [7, 11) is 1.63. The molecule has 0 saturated heterocycles. The van der Waals surface area contributed by atoms with E-state index in [0.717, 1.165) is 6.08 Å². The number of likely N-dealkylation sites (N-methyl/N-ethyl adjacent to an activating group) is 1. The Morgan fingerprint density at radius 1 is 1.40 bits per heavy atom. The van der Waals surface area contributed by atoms with Crippen molar-refractivity contribution in [2.45, 2.75) is 19.9 Å². The molecule has 20 heavy (non-hydrogen) atoms. The van der Waals surface area contributed by atoms with E-state index in [-0.39, 0.29) is 18.6 Å². The Hall–Kier alpha value is -2.14. The van der Waals surface area contributed by atoms with Gasteiger partial charge >= 0.3 is 5.97 Å². The van der Waals surface area contributed by atoms with Gasteiger partial charge in [0.05, 0.1) is 12.6 Å². The standard InChI is InChI=1S/C15H19NO4/c1-10(9-17)16(3)15(20)13-6-4-5-12(11(13)2)7-8-14(18)19/h4-8,10,17H,9H2,1-3H3,(H,18,19)/b8-7+. The van der Waals surface area contributed by atoms with Gasteiger partial charge in [0.1, 0.15) is 0 Å². The Morgan fingerprint density at radius 3 is 2.60 bits per heavy atom. The van der Waals surface area contributed by atoms with E-state index < -0.39 is 5.97 Å². The number of nitrogens with zero attached hydrogens (tertiary/aromatic N) is 1. The smallest absolute Gasteiger partial charge is 0.328 e. The lowest BCUT2D eigenvalue weighted by molar-refractivity contribution is -0.131. The van der Waals surface area contributed by atoms with Crippen LogP contribution >= 0.6 is 0 Å². The normalized spacial score (nSPS) is 12.4. The van der Waals surface area contributed by atoms with Crippen LogP contribution in [0, 0.1) is 6.92 Å². The lowest BCUT2D eigenvalue weighted by Crippen LogP contribution is -2.37. The highest BCUT2D eigenvalue weighted by Gasteiger charge is 2.19. The first-order valence-electron chi connectivity index (χ1n) is 6.27. The number of hydrogen-bond acceptors (Lipinski definition) is 3. The van der Waals surface area contributed by atoms with Gasteiger partial charge in [0.25, 0.3) is 5.91 Å². The van der Waals surface area contributed by atoms with E-state index in [2.05, 4.69) is 0 Å². The number of aliphatic carboxylic acids is 1. The van der Waals surface area contributed by atoms with Gasteiger partial charge in [-0.2, -0.15) is 0 Å². The summed E-state index contributed by atoms with van der Waals surface area (Å²) in [6.07, 6.45) is 2.50. The van der Waals surface area contributed by atoms with Crippen molar-refractivity contribution in [1.82, 2.24) is 4.90 Å². The molecule has 2 N–H and O–H groups in total. The highest BCUT2D eigenvalue weighted by atomic mass is 16.4. The van der Waals surface area contributed by atoms with Crippen LogP contribution in [-0.4, -0.2) is 46.7 Å². The van der Waals surface area contributed by atoms with Crippen LogP contribution in [0.1, 0.15) is 28.4 Å². The molecule has 0 spiro atoms. The zero-order chi connectivity index (χ0) is 15.3. The number of carboxylic acids is 1. The van der Waals surface area contributed by atoms with Crippen LogP contribution in [0.25, 0.3) is 6.08 Å². The fourth-order valence-electron chi connectivity index (χ4n) is 1.74. The van der Waals surface area contributed by atoms with E-state index in [1.807, 2.05) is 0 Å². The van der Waals surface area contributed by atoms with Crippen molar-refractivity contribution in [3.05, 3.63) is 41.0 Å². The molecular formula is C15H19NO4. The molecular weight excluding hydrogens is 258 g/mol. The third-order valence-electron chi connectivity index (χ3n) is 3.26. The predicted octanol–water partition coefficient (Wildman–Crippen LogP) is 1.55. The molecule has 108 valence electrons. The molecule has 0 aliphatic carbocycles. The molecule has 0 fully saturated rings. The van der Waals surface area contributed by atoms with Crippen molar-refractivity contribution in [3.63, 3.8) is 0 Å². The summed E-state index contributed by atoms with van der Waals surface area (Å²) in [6.45, 7) is 3.41. The van der Waals surface area contributed by atoms with Crippen LogP contribution in [0.15, 0.2) is 24.3 Å². The van der Waals surface area contributed by atoms with Crippen molar-refractivity contribution >= 4 is 18.0 Å². The monoisotopic (exact) mass is 277 g/mol. The number of hydrogen-bond donors (Lipinski definition) is 2. The zero-order valence-corrected chi connectivity index (χ0v) is 11.8. The fourth-order valence-corrected chi connectivity index (χ4v) is 1.74. The molecule has 1 aromatic carbocycles. The summed E-state index contributed by atoms with van der Waals surface area (Å²) < 4.78 is 0. The lowest BCUT2D eigenvalue weighted by atomic mass is 10.0. The van der Waals surface area contributed by atoms with Crippen LogP contribution in [0.2, 0.25) is 0 Å². The van der Waals surface area contributed by atoms with E-state index in [4.69, 9.17) is 10.2 Å². The summed E-state index contributed by atoms with van der Waals surface area (Å²) in [5.41, 5.74) is 1.90. The summed E-state index contributed by atoms with van der Waals surface area (Å²) in [5, 5.41) is 17.7. The van der Waals surface area contributed by atoms with Crippen LogP contribution in [0.3, 0.4) is 0 Å². The Labute approximate surface area is 118 Å². The Bertz CT molecular complexity index is 537. The largest absolute Gasteiger partial charge is 0.478 e. The van der Waals surface area contributed by atoms with Gasteiger partial charge in [0.2, 0.25) is 0 Å². The minimum atomic E-state index is -1.04. The van der Waals surface area contributed by atoms with Crippen molar-refractivity contribution in [2.24, 2.45) is 0 Å². The molecule has 5 heteroatoms. The maximum absolute atomic E-state index is 12.3. The third kappa shape index (κ3) is 3.68. The number of carbonyl (C=O) groups excluding carboxylic acids is 1. The van der Waals surface area contributed by atoms with Crippen molar-refractivity contribution in [1.29, 1.82) is 0 Å². The molecule has 0 heterocycles. The van der Waals surface area contributed by atoms with Gasteiger partial charge < -0.3 is 15.1 Å². The number of amides is 1. The number of aliphatic hydroxyl groups excluding tert-OH is 1. The molecule has 0 aliphatic rings. The van der Waals surface area contributed by atoms with Gasteiger partial charge in [-0.25, -0.2) is 4.79 Å². The molecule has 1 unspecified atom stereocenters. The molecule has 0 saturated carbocycles. The Kier molecular flexibility index (Phi) is 5.46. The predicted molar refractivity (Wildman–Crippen MR) is 76.5 cm³/mol. The summed E-state index contributed by atoms with van der Waals surface area (Å²) in [6, 6.07) is 4.87. The van der Waals surface area contributed by atoms with E-state index >= 15 is 0 Å². The van der Waals surface area contributed by atoms with E-state index in [9.17, 15) is 9.59 Å². The molecule has 1 rings (SSSR count). The fraction of sp³-hybridized carbons (Fsp3) is 0.333. The number of rotatable bonds is 5. The molecule has 0 radical (unpaired) electrons. The summed E-state index contributed by atoms with van der Waals surface area (Å²) >= 11 is 0. The summed E-state index contributed by atoms with van der Waals surface area (Å²) in [4.78, 5) is 24.3. The molecule has 0 aliphatic heterocycles. The minimum absolute atomic E-state index is 0.111. The van der Waals surface area contributed by atoms with Gasteiger partial charge in [-0.05, 0) is 37.1 Å². The second-order valence-electron chi connectivity index (χ2n) is 4.64. The van der Waals surface area contributed by atoms with Crippen LogP contribution in [-0.2, 0) is 4.79 Å². The quantitative estimate of drug-likeness (QED) is 0.800. The maximum atomic E-state index is 12.3. The lowest BCUT2D eigenvalue weighted by Gasteiger charge is -2.24.